The van der Waals surface area contributed by atoms with E-state index in [9.17, 15) is 19.5 Å². The average molecular weight is 635 g/mol. The van der Waals surface area contributed by atoms with Gasteiger partial charge in [-0.15, -0.1) is 0 Å². The number of amides is 2. The van der Waals surface area contributed by atoms with Gasteiger partial charge in [-0.05, 0) is 38.0 Å². The molecule has 2 amide bonds. The molecule has 0 saturated carbocycles. The predicted molar refractivity (Wildman–Crippen MR) is 164 cm³/mol. The van der Waals surface area contributed by atoms with E-state index in [-0.39, 0.29) is 23.8 Å². The lowest BCUT2D eigenvalue weighted by Gasteiger charge is -2.42. The van der Waals surface area contributed by atoms with E-state index in [1.807, 2.05) is 32.1 Å². The molecule has 11 nitrogen and oxygen atoms in total. The van der Waals surface area contributed by atoms with E-state index < -0.39 is 59.6 Å². The summed E-state index contributed by atoms with van der Waals surface area (Å²) in [5, 5.41) is 14.4. The topological polar surface area (TPSA) is 136 Å². The lowest BCUT2D eigenvalue weighted by molar-refractivity contribution is -0.157. The van der Waals surface area contributed by atoms with Gasteiger partial charge in [0.05, 0.1) is 31.2 Å². The second-order valence-corrected chi connectivity index (χ2v) is 12.8. The summed E-state index contributed by atoms with van der Waals surface area (Å²) in [6.07, 6.45) is 1.65. The number of hydrogen-bond donors (Lipinski definition) is 2. The molecule has 0 aromatic heterocycles. The Morgan fingerprint density at radius 2 is 1.95 bits per heavy atom. The van der Waals surface area contributed by atoms with Gasteiger partial charge in [0.15, 0.2) is 5.72 Å². The summed E-state index contributed by atoms with van der Waals surface area (Å²) < 4.78 is 28.8. The number of esters is 1. The van der Waals surface area contributed by atoms with Crippen LogP contribution in [0.3, 0.4) is 0 Å². The quantitative estimate of drug-likeness (QED) is 0.366. The molecule has 4 rings (SSSR count). The zero-order chi connectivity index (χ0) is 32.6. The van der Waals surface area contributed by atoms with Crippen LogP contribution in [0.25, 0.3) is 0 Å². The Balaban J connectivity index is 1.80. The smallest absolute Gasteiger partial charge is 0.409 e. The minimum atomic E-state index is -1.77. The Labute approximate surface area is 263 Å². The number of methoxy groups -OCH3 is 2. The Morgan fingerprint density at radius 3 is 2.59 bits per heavy atom. The monoisotopic (exact) mass is 634 g/mol. The van der Waals surface area contributed by atoms with Crippen molar-refractivity contribution in [2.24, 2.45) is 11.8 Å². The van der Waals surface area contributed by atoms with Crippen molar-refractivity contribution < 1.29 is 43.2 Å². The fourth-order valence-electron chi connectivity index (χ4n) is 5.88. The summed E-state index contributed by atoms with van der Waals surface area (Å²) in [4.78, 5) is 40.7. The van der Waals surface area contributed by atoms with Crippen LogP contribution in [-0.2, 0) is 35.0 Å². The molecule has 2 fully saturated rings. The van der Waals surface area contributed by atoms with Crippen molar-refractivity contribution in [3.63, 3.8) is 0 Å². The third-order valence-corrected chi connectivity index (χ3v) is 9.06. The number of ether oxygens (including phenoxy) is 5. The molecule has 3 aliphatic heterocycles. The molecule has 44 heavy (non-hydrogen) atoms. The molecule has 1 aromatic rings. The highest BCUT2D eigenvalue weighted by Gasteiger charge is 2.64. The standard InChI is InChI=1S/C32H43ClN2O9/c1-17(2)29(37)43-25-15-26(36)35(6)21-13-20(14-22(40-7)27(21)33)12-18(3)10-9-11-24(41-8)32(39)16-23(42-30(38)34-32)19(4)28-31(25,5)44-28/h9-11,13-14,17,19,23-25,28,39H,12,15-16H2,1-8H3,(H,34,38)/b11-9+,18-10+/t19-,23+,24-,25+,28+,31+,32+/m0/s1. The molecule has 2 N–H and O–H groups in total. The number of carbonyl (C=O) groups is 3. The first kappa shape index (κ1) is 33.8. The summed E-state index contributed by atoms with van der Waals surface area (Å²) in [7, 11) is 4.56. The van der Waals surface area contributed by atoms with Gasteiger partial charge in [-0.1, -0.05) is 56.2 Å². The highest BCUT2D eigenvalue weighted by molar-refractivity contribution is 6.35. The van der Waals surface area contributed by atoms with E-state index in [1.165, 1.54) is 19.1 Å². The largest absolute Gasteiger partial charge is 0.495 e. The first-order valence-corrected chi connectivity index (χ1v) is 15.1. The third-order valence-electron chi connectivity index (χ3n) is 8.68. The number of alkyl carbamates (subject to hydrolysis) is 1. The third kappa shape index (κ3) is 6.91. The van der Waals surface area contributed by atoms with E-state index in [0.717, 1.165) is 11.1 Å². The van der Waals surface area contributed by atoms with Crippen LogP contribution in [0.4, 0.5) is 10.5 Å². The maximum absolute atomic E-state index is 13.8. The Kier molecular flexibility index (Phi) is 10.0. The molecule has 242 valence electrons. The van der Waals surface area contributed by atoms with Gasteiger partial charge in [0.25, 0.3) is 0 Å². The van der Waals surface area contributed by atoms with Crippen LogP contribution < -0.4 is 15.0 Å². The minimum absolute atomic E-state index is 0.00361. The van der Waals surface area contributed by atoms with Crippen molar-refractivity contribution in [2.75, 3.05) is 26.2 Å². The van der Waals surface area contributed by atoms with E-state index in [2.05, 4.69) is 5.32 Å². The number of aliphatic hydroxyl groups is 1. The minimum Gasteiger partial charge on any atom is -0.495 e. The van der Waals surface area contributed by atoms with Crippen LogP contribution in [0, 0.1) is 11.8 Å². The summed E-state index contributed by atoms with van der Waals surface area (Å²) >= 11 is 6.68. The van der Waals surface area contributed by atoms with Gasteiger partial charge in [-0.2, -0.15) is 0 Å². The van der Waals surface area contributed by atoms with E-state index in [4.69, 9.17) is 35.3 Å². The van der Waals surface area contributed by atoms with E-state index in [0.29, 0.717) is 17.9 Å². The maximum atomic E-state index is 13.8. The summed E-state index contributed by atoms with van der Waals surface area (Å²) in [6.45, 7) is 8.95. The molecule has 3 aliphatic rings. The van der Waals surface area contributed by atoms with Gasteiger partial charge in [0.1, 0.15) is 34.7 Å². The molecule has 2 saturated heterocycles. The number of halogens is 1. The van der Waals surface area contributed by atoms with Crippen molar-refractivity contribution in [1.29, 1.82) is 0 Å². The molecule has 0 radical (unpaired) electrons. The predicted octanol–water partition coefficient (Wildman–Crippen LogP) is 4.32. The molecule has 4 bridgehead atoms. The maximum Gasteiger partial charge on any atom is 0.409 e. The van der Waals surface area contributed by atoms with Crippen LogP contribution in [0.5, 0.6) is 5.75 Å². The molecule has 0 unspecified atom stereocenters. The van der Waals surface area contributed by atoms with Gasteiger partial charge < -0.3 is 33.7 Å². The molecule has 12 heteroatoms. The fourth-order valence-corrected chi connectivity index (χ4v) is 6.19. The van der Waals surface area contributed by atoms with Crippen molar-refractivity contribution in [3.05, 3.63) is 46.5 Å². The van der Waals surface area contributed by atoms with Crippen LogP contribution in [0.15, 0.2) is 35.9 Å². The summed E-state index contributed by atoms with van der Waals surface area (Å²) in [5.41, 5.74) is -0.587. The number of epoxide rings is 1. The molecular formula is C32H43ClN2O9. The van der Waals surface area contributed by atoms with Crippen molar-refractivity contribution in [1.82, 2.24) is 5.32 Å². The van der Waals surface area contributed by atoms with Gasteiger partial charge in [-0.3, -0.25) is 14.9 Å². The van der Waals surface area contributed by atoms with Crippen LogP contribution in [0.1, 0.15) is 53.0 Å². The lowest BCUT2D eigenvalue weighted by atomic mass is 9.83. The normalized spacial score (nSPS) is 34.7. The SMILES string of the molecule is COc1cc2cc(c1Cl)N(C)C(=O)C[C@@H](OC(=O)C(C)C)[C@@]1(C)O[C@@H]1[C@@H](C)[C@H]1C[C@](O)(NC(=O)O1)[C@@H](OC)/C=C/C=C(\C)C2. The van der Waals surface area contributed by atoms with Crippen LogP contribution in [-0.4, -0.2) is 80.1 Å². The van der Waals surface area contributed by atoms with E-state index in [1.54, 1.807) is 40.0 Å². The molecule has 7 atom stereocenters. The van der Waals surface area contributed by atoms with Crippen LogP contribution in [0.2, 0.25) is 5.02 Å². The first-order chi connectivity index (χ1) is 20.6. The fraction of sp³-hybridized carbons (Fsp3) is 0.594. The molecule has 3 heterocycles. The van der Waals surface area contributed by atoms with Gasteiger partial charge in [0, 0.05) is 26.5 Å². The number of carbonyl (C=O) groups excluding carboxylic acids is 3. The van der Waals surface area contributed by atoms with Crippen LogP contribution >= 0.6 is 11.6 Å². The Bertz CT molecular complexity index is 1350. The van der Waals surface area contributed by atoms with Crippen molar-refractivity contribution >= 4 is 35.3 Å². The molecule has 0 aliphatic carbocycles. The van der Waals surface area contributed by atoms with Gasteiger partial charge in [0.2, 0.25) is 5.91 Å². The number of nitrogens with zero attached hydrogens (tertiary/aromatic N) is 1. The zero-order valence-electron chi connectivity index (χ0n) is 26.5. The van der Waals surface area contributed by atoms with Crippen molar-refractivity contribution in [3.8, 4) is 5.75 Å². The summed E-state index contributed by atoms with van der Waals surface area (Å²) in [5.74, 6) is -1.30. The summed E-state index contributed by atoms with van der Waals surface area (Å²) in [6, 6.07) is 3.63. The second kappa shape index (κ2) is 13.1. The lowest BCUT2D eigenvalue weighted by Crippen LogP contribution is -2.63. The number of nitrogens with one attached hydrogen (secondary N) is 1. The number of hydrogen-bond acceptors (Lipinski definition) is 9. The molecule has 0 spiro atoms. The Morgan fingerprint density at radius 1 is 1.25 bits per heavy atom. The molecule has 1 aromatic carbocycles. The number of allylic oxidation sites excluding steroid dienone is 3. The van der Waals surface area contributed by atoms with Crippen molar-refractivity contribution in [2.45, 2.75) is 89.6 Å². The van der Waals surface area contributed by atoms with E-state index >= 15 is 0 Å². The highest BCUT2D eigenvalue weighted by atomic mass is 35.5. The van der Waals surface area contributed by atoms with Gasteiger partial charge in [-0.25, -0.2) is 4.79 Å². The first-order valence-electron chi connectivity index (χ1n) is 14.7. The Hall–Kier alpha value is -3.12. The average Bonchev–Trinajstić information content (AvgIpc) is 3.66. The highest BCUT2D eigenvalue weighted by Crippen LogP contribution is 2.49. The zero-order valence-corrected chi connectivity index (χ0v) is 27.3. The molecular weight excluding hydrogens is 592 g/mol. The van der Waals surface area contributed by atoms with Gasteiger partial charge >= 0.3 is 12.1 Å². The number of benzene rings is 1. The number of fused-ring (bicyclic) bond motifs is 5. The number of rotatable bonds is 4. The number of anilines is 1. The second-order valence-electron chi connectivity index (χ2n) is 12.4.